The molecule has 1 aliphatic heterocycles. The standard InChI is InChI=1S/C22H20OSe/c1-15-8-4-5-9-17(15)22-18-10-6-7-11-20(18)24(2,3)21-14-16(23)12-13-19(21)22/h4-14H,1-3H3. The van der Waals surface area contributed by atoms with E-state index < -0.39 is 12.8 Å². The molecule has 2 aromatic rings. The van der Waals surface area contributed by atoms with E-state index in [1.807, 2.05) is 12.2 Å². The van der Waals surface area contributed by atoms with Crippen LogP contribution in [0.25, 0.3) is 5.57 Å². The number of rotatable bonds is 1. The first-order chi connectivity index (χ1) is 11.5. The Labute approximate surface area is 145 Å². The number of carbonyl (C=O) groups is 1. The molecule has 0 aromatic heterocycles. The third-order valence-corrected chi connectivity index (χ3v) is 11.0. The summed E-state index contributed by atoms with van der Waals surface area (Å²) in [6.45, 7) is 2.16. The number of hydrogen-bond donors (Lipinski definition) is 0. The van der Waals surface area contributed by atoms with E-state index in [1.165, 1.54) is 36.8 Å². The Morgan fingerprint density at radius 3 is 2.25 bits per heavy atom. The molecule has 4 rings (SSSR count). The van der Waals surface area contributed by atoms with E-state index in [1.54, 1.807) is 6.08 Å². The van der Waals surface area contributed by atoms with Gasteiger partial charge >= 0.3 is 146 Å². The SMILES string of the molecule is Cc1ccccc1C1=C2C=CC(=O)C=C2[Se](C)(C)c2ccccc21. The molecule has 0 spiro atoms. The molecule has 0 fully saturated rings. The van der Waals surface area contributed by atoms with E-state index in [-0.39, 0.29) is 5.78 Å². The van der Waals surface area contributed by atoms with E-state index in [0.717, 1.165) is 0 Å². The van der Waals surface area contributed by atoms with Crippen molar-refractivity contribution in [1.82, 2.24) is 0 Å². The number of hydrogen-bond acceptors (Lipinski definition) is 1. The van der Waals surface area contributed by atoms with Gasteiger partial charge < -0.3 is 0 Å². The van der Waals surface area contributed by atoms with Gasteiger partial charge in [-0.2, -0.15) is 0 Å². The molecule has 1 aliphatic carbocycles. The van der Waals surface area contributed by atoms with Gasteiger partial charge in [-0.15, -0.1) is 0 Å². The van der Waals surface area contributed by atoms with Crippen LogP contribution in [0.2, 0.25) is 11.6 Å². The molecule has 1 heterocycles. The summed E-state index contributed by atoms with van der Waals surface area (Å²) >= 11 is -2.09. The van der Waals surface area contributed by atoms with Crippen molar-refractivity contribution < 1.29 is 4.79 Å². The summed E-state index contributed by atoms with van der Waals surface area (Å²) in [5.74, 6) is 4.84. The molecule has 24 heavy (non-hydrogen) atoms. The molecular formula is C22H20OSe. The van der Waals surface area contributed by atoms with Crippen molar-refractivity contribution in [2.75, 3.05) is 0 Å². The maximum absolute atomic E-state index is 12.1. The van der Waals surface area contributed by atoms with Crippen LogP contribution in [0.5, 0.6) is 0 Å². The zero-order chi connectivity index (χ0) is 16.9. The van der Waals surface area contributed by atoms with Gasteiger partial charge in [0.25, 0.3) is 0 Å². The van der Waals surface area contributed by atoms with E-state index in [9.17, 15) is 4.79 Å². The summed E-state index contributed by atoms with van der Waals surface area (Å²) < 4.78 is 2.71. The molecule has 0 unspecified atom stereocenters. The molecule has 0 amide bonds. The van der Waals surface area contributed by atoms with E-state index in [4.69, 9.17) is 0 Å². The Balaban J connectivity index is 2.14. The third-order valence-electron chi connectivity index (χ3n) is 4.89. The molecule has 2 aliphatic rings. The van der Waals surface area contributed by atoms with Gasteiger partial charge in [-0.25, -0.2) is 0 Å². The van der Waals surface area contributed by atoms with E-state index in [0.29, 0.717) is 0 Å². The Hall–Kier alpha value is -2.15. The van der Waals surface area contributed by atoms with Gasteiger partial charge in [-0.3, -0.25) is 0 Å². The number of carbonyl (C=O) groups excluding carboxylic acids is 1. The van der Waals surface area contributed by atoms with Crippen molar-refractivity contribution in [2.24, 2.45) is 0 Å². The van der Waals surface area contributed by atoms with Gasteiger partial charge in [0, 0.05) is 0 Å². The minimum atomic E-state index is -2.09. The molecule has 2 heteroatoms. The zero-order valence-corrected chi connectivity index (χ0v) is 15.9. The molecule has 0 N–H and O–H groups in total. The van der Waals surface area contributed by atoms with Crippen molar-refractivity contribution >= 4 is 28.7 Å². The Morgan fingerprint density at radius 2 is 1.50 bits per heavy atom. The second kappa shape index (κ2) is 5.44. The van der Waals surface area contributed by atoms with Crippen LogP contribution in [-0.2, 0) is 4.79 Å². The molecule has 0 saturated heterocycles. The monoisotopic (exact) mass is 380 g/mol. The van der Waals surface area contributed by atoms with Crippen LogP contribution in [-0.4, -0.2) is 18.6 Å². The fourth-order valence-electron chi connectivity index (χ4n) is 3.66. The number of ketones is 1. The van der Waals surface area contributed by atoms with Crippen molar-refractivity contribution in [3.63, 3.8) is 0 Å². The average Bonchev–Trinajstić information content (AvgIpc) is 2.57. The third kappa shape index (κ3) is 2.18. The van der Waals surface area contributed by atoms with Gasteiger partial charge in [0.15, 0.2) is 0 Å². The summed E-state index contributed by atoms with van der Waals surface area (Å²) in [4.78, 5) is 12.1. The van der Waals surface area contributed by atoms with Gasteiger partial charge in [0.05, 0.1) is 0 Å². The first-order valence-electron chi connectivity index (χ1n) is 8.07. The Kier molecular flexibility index (Phi) is 3.49. The van der Waals surface area contributed by atoms with Crippen LogP contribution >= 0.6 is 0 Å². The van der Waals surface area contributed by atoms with Gasteiger partial charge in [-0.1, -0.05) is 0 Å². The zero-order valence-electron chi connectivity index (χ0n) is 14.2. The molecular weight excluding hydrogens is 359 g/mol. The quantitative estimate of drug-likeness (QED) is 0.674. The van der Waals surface area contributed by atoms with E-state index >= 15 is 0 Å². The summed E-state index contributed by atoms with van der Waals surface area (Å²) in [5, 5.41) is 0. The first kappa shape index (κ1) is 15.4. The molecule has 0 radical (unpaired) electrons. The van der Waals surface area contributed by atoms with Crippen LogP contribution in [0.3, 0.4) is 0 Å². The van der Waals surface area contributed by atoms with Gasteiger partial charge in [0.2, 0.25) is 0 Å². The number of allylic oxidation sites excluding steroid dienone is 5. The predicted octanol–water partition coefficient (Wildman–Crippen LogP) is 4.33. The molecule has 0 saturated carbocycles. The second-order valence-corrected chi connectivity index (χ2v) is 14.1. The Morgan fingerprint density at radius 1 is 0.833 bits per heavy atom. The Bertz CT molecular complexity index is 957. The summed E-state index contributed by atoms with van der Waals surface area (Å²) in [6.07, 6.45) is 5.62. The topological polar surface area (TPSA) is 17.1 Å². The van der Waals surface area contributed by atoms with E-state index in [2.05, 4.69) is 67.1 Å². The molecule has 120 valence electrons. The van der Waals surface area contributed by atoms with Gasteiger partial charge in [0.1, 0.15) is 0 Å². The second-order valence-electron chi connectivity index (χ2n) is 6.67. The normalized spacial score (nSPS) is 19.5. The number of benzene rings is 2. The minimum absolute atomic E-state index is 0.113. The average molecular weight is 379 g/mol. The van der Waals surface area contributed by atoms with Crippen LogP contribution < -0.4 is 4.46 Å². The first-order valence-corrected chi connectivity index (χ1v) is 13.2. The summed E-state index contributed by atoms with van der Waals surface area (Å²) in [7, 11) is 0. The van der Waals surface area contributed by atoms with Gasteiger partial charge in [-0.05, 0) is 0 Å². The van der Waals surface area contributed by atoms with Crippen molar-refractivity contribution in [2.45, 2.75) is 18.6 Å². The molecule has 0 bridgehead atoms. The number of aryl methyl sites for hydroxylation is 1. The fraction of sp³-hybridized carbons (Fsp3) is 0.136. The van der Waals surface area contributed by atoms with Crippen LogP contribution in [0, 0.1) is 6.92 Å². The molecule has 1 nitrogen and oxygen atoms in total. The van der Waals surface area contributed by atoms with Crippen molar-refractivity contribution in [1.29, 1.82) is 0 Å². The van der Waals surface area contributed by atoms with Crippen molar-refractivity contribution in [3.8, 4) is 0 Å². The summed E-state index contributed by atoms with van der Waals surface area (Å²) in [5.41, 5.74) is 6.38. The predicted molar refractivity (Wildman–Crippen MR) is 103 cm³/mol. The molecule has 2 aromatic carbocycles. The fourth-order valence-corrected chi connectivity index (χ4v) is 8.92. The maximum atomic E-state index is 12.1. The van der Waals surface area contributed by atoms with Crippen LogP contribution in [0.4, 0.5) is 0 Å². The van der Waals surface area contributed by atoms with Crippen LogP contribution in [0.15, 0.2) is 76.8 Å². The number of fused-ring (bicyclic) bond motifs is 2. The molecule has 0 atom stereocenters. The summed E-state index contributed by atoms with van der Waals surface area (Å²) in [6, 6.07) is 17.3. The van der Waals surface area contributed by atoms with Crippen LogP contribution in [0.1, 0.15) is 16.7 Å². The van der Waals surface area contributed by atoms with Crippen molar-refractivity contribution in [3.05, 3.63) is 93.5 Å².